The molecule has 2 heteroatoms. The van der Waals surface area contributed by atoms with Crippen LogP contribution >= 0.6 is 7.14 Å². The lowest BCUT2D eigenvalue weighted by molar-refractivity contribution is 0.585. The number of hydrogen-bond acceptors (Lipinski definition) is 1. The first-order valence-electron chi connectivity index (χ1n) is 7.63. The summed E-state index contributed by atoms with van der Waals surface area (Å²) in [6.07, 6.45) is 3.69. The number of rotatable bonds is 3. The van der Waals surface area contributed by atoms with E-state index in [4.69, 9.17) is 0 Å². The minimum atomic E-state index is -2.25. The minimum absolute atomic E-state index is 0.425. The summed E-state index contributed by atoms with van der Waals surface area (Å²) in [5, 5.41) is 1.17. The lowest BCUT2D eigenvalue weighted by atomic mass is 9.93. The van der Waals surface area contributed by atoms with Gasteiger partial charge in [-0.3, -0.25) is 0 Å². The number of aryl methyl sites for hydroxylation is 1. The van der Waals surface area contributed by atoms with Crippen LogP contribution in [0.4, 0.5) is 0 Å². The first kappa shape index (κ1) is 15.6. The Balaban J connectivity index is 2.61. The predicted octanol–water partition coefficient (Wildman–Crippen LogP) is 5.19. The van der Waals surface area contributed by atoms with Crippen molar-refractivity contribution in [1.29, 1.82) is 0 Å². The molecule has 0 aromatic heterocycles. The van der Waals surface area contributed by atoms with Gasteiger partial charge in [0.15, 0.2) is 0 Å². The zero-order chi connectivity index (χ0) is 15.1. The summed E-state index contributed by atoms with van der Waals surface area (Å²) in [6.45, 7) is 13.1. The fraction of sp³-hybridized carbons (Fsp3) is 0.556. The second-order valence-corrected chi connectivity index (χ2v) is 9.77. The van der Waals surface area contributed by atoms with Crippen molar-refractivity contribution < 1.29 is 4.57 Å². The third-order valence-corrected chi connectivity index (χ3v) is 7.50. The molecular weight excluding hydrogens is 263 g/mol. The molecule has 110 valence electrons. The summed E-state index contributed by atoms with van der Waals surface area (Å²) in [5.41, 5.74) is 5.19. The molecule has 0 N–H and O–H groups in total. The topological polar surface area (TPSA) is 17.1 Å². The fourth-order valence-corrected chi connectivity index (χ4v) is 6.68. The molecule has 1 aromatic carbocycles. The number of hydrogen-bond donors (Lipinski definition) is 0. The van der Waals surface area contributed by atoms with Gasteiger partial charge in [-0.1, -0.05) is 51.5 Å². The van der Waals surface area contributed by atoms with Gasteiger partial charge in [-0.05, 0) is 42.4 Å². The molecule has 0 spiro atoms. The van der Waals surface area contributed by atoms with Crippen molar-refractivity contribution in [2.45, 2.75) is 53.4 Å². The van der Waals surface area contributed by atoms with Crippen molar-refractivity contribution in [3.63, 3.8) is 0 Å². The van der Waals surface area contributed by atoms with Gasteiger partial charge in [0, 0.05) is 17.6 Å². The molecule has 1 aromatic rings. The van der Waals surface area contributed by atoms with Crippen LogP contribution in [0.2, 0.25) is 0 Å². The SMILES string of the molecule is CC1=CCP(=O)(c2c(C)cc(C(C)C)cc2C(C)C)C1. The average Bonchev–Trinajstić information content (AvgIpc) is 2.68. The standard InChI is InChI=1S/C18H27OP/c1-12(2)16-9-15(6)18(17(10-16)13(3)4)20(19)8-7-14(5)11-20/h7,9-10,12-13H,8,11H2,1-6H3. The summed E-state index contributed by atoms with van der Waals surface area (Å²) < 4.78 is 13.4. The van der Waals surface area contributed by atoms with Crippen molar-refractivity contribution in [3.05, 3.63) is 40.5 Å². The second-order valence-electron chi connectivity index (χ2n) is 6.87. The number of allylic oxidation sites excluding steroid dienone is 2. The van der Waals surface area contributed by atoms with E-state index in [9.17, 15) is 4.57 Å². The minimum Gasteiger partial charge on any atom is -0.318 e. The molecule has 0 amide bonds. The van der Waals surface area contributed by atoms with E-state index >= 15 is 0 Å². The monoisotopic (exact) mass is 290 g/mol. The Bertz CT molecular complexity index is 594. The zero-order valence-corrected chi connectivity index (χ0v) is 14.6. The highest BCUT2D eigenvalue weighted by atomic mass is 31.2. The van der Waals surface area contributed by atoms with Gasteiger partial charge in [0.2, 0.25) is 0 Å². The largest absolute Gasteiger partial charge is 0.318 e. The van der Waals surface area contributed by atoms with Crippen LogP contribution < -0.4 is 5.30 Å². The Morgan fingerprint density at radius 2 is 1.70 bits per heavy atom. The van der Waals surface area contributed by atoms with Gasteiger partial charge in [-0.25, -0.2) is 0 Å². The van der Waals surface area contributed by atoms with Crippen LogP contribution in [0.15, 0.2) is 23.8 Å². The Kier molecular flexibility index (Phi) is 4.30. The van der Waals surface area contributed by atoms with Gasteiger partial charge in [0.1, 0.15) is 7.14 Å². The normalized spacial score (nSPS) is 22.7. The summed E-state index contributed by atoms with van der Waals surface area (Å²) in [6, 6.07) is 4.55. The average molecular weight is 290 g/mol. The van der Waals surface area contributed by atoms with E-state index in [0.29, 0.717) is 11.8 Å². The summed E-state index contributed by atoms with van der Waals surface area (Å²) >= 11 is 0. The maximum absolute atomic E-state index is 13.4. The van der Waals surface area contributed by atoms with E-state index in [0.717, 1.165) is 12.3 Å². The Labute approximate surface area is 123 Å². The van der Waals surface area contributed by atoms with Gasteiger partial charge >= 0.3 is 0 Å². The van der Waals surface area contributed by atoms with Crippen molar-refractivity contribution >= 4 is 12.4 Å². The molecule has 20 heavy (non-hydrogen) atoms. The zero-order valence-electron chi connectivity index (χ0n) is 13.7. The molecule has 1 unspecified atom stereocenters. The van der Waals surface area contributed by atoms with Gasteiger partial charge in [-0.2, -0.15) is 0 Å². The smallest absolute Gasteiger partial charge is 0.123 e. The van der Waals surface area contributed by atoms with Gasteiger partial charge in [-0.15, -0.1) is 0 Å². The third-order valence-electron chi connectivity index (χ3n) is 4.29. The molecule has 0 bridgehead atoms. The highest BCUT2D eigenvalue weighted by Gasteiger charge is 2.33. The predicted molar refractivity (Wildman–Crippen MR) is 90.1 cm³/mol. The molecule has 0 fully saturated rings. The summed E-state index contributed by atoms with van der Waals surface area (Å²) in [7, 11) is -2.25. The molecule has 1 aliphatic rings. The molecule has 2 rings (SSSR count). The maximum Gasteiger partial charge on any atom is 0.123 e. The summed E-state index contributed by atoms with van der Waals surface area (Å²) in [5.74, 6) is 0.943. The highest BCUT2D eigenvalue weighted by Crippen LogP contribution is 2.52. The second kappa shape index (κ2) is 5.53. The molecule has 1 nitrogen and oxygen atoms in total. The van der Waals surface area contributed by atoms with Crippen LogP contribution in [-0.2, 0) is 4.57 Å². The van der Waals surface area contributed by atoms with E-state index in [1.807, 2.05) is 0 Å². The van der Waals surface area contributed by atoms with Crippen molar-refractivity contribution in [2.75, 3.05) is 12.3 Å². The Morgan fingerprint density at radius 3 is 2.15 bits per heavy atom. The van der Waals surface area contributed by atoms with Crippen LogP contribution in [0.1, 0.15) is 63.1 Å². The molecule has 0 saturated heterocycles. The molecule has 0 saturated carbocycles. The van der Waals surface area contributed by atoms with Crippen LogP contribution in [0.25, 0.3) is 0 Å². The molecule has 1 heterocycles. The summed E-state index contributed by atoms with van der Waals surface area (Å²) in [4.78, 5) is 0. The first-order valence-corrected chi connectivity index (χ1v) is 9.71. The van der Waals surface area contributed by atoms with E-state index in [1.54, 1.807) is 0 Å². The quantitative estimate of drug-likeness (QED) is 0.553. The van der Waals surface area contributed by atoms with Crippen LogP contribution in [0.3, 0.4) is 0 Å². The molecule has 1 aliphatic heterocycles. The van der Waals surface area contributed by atoms with E-state index in [2.05, 4.69) is 59.8 Å². The van der Waals surface area contributed by atoms with Crippen molar-refractivity contribution in [2.24, 2.45) is 0 Å². The van der Waals surface area contributed by atoms with E-state index in [-0.39, 0.29) is 0 Å². The molecule has 0 radical (unpaired) electrons. The maximum atomic E-state index is 13.4. The lowest BCUT2D eigenvalue weighted by Gasteiger charge is -2.24. The third kappa shape index (κ3) is 2.79. The highest BCUT2D eigenvalue weighted by molar-refractivity contribution is 7.72. The fourth-order valence-electron chi connectivity index (χ4n) is 3.17. The van der Waals surface area contributed by atoms with E-state index < -0.39 is 7.14 Å². The van der Waals surface area contributed by atoms with Gasteiger partial charge < -0.3 is 4.57 Å². The molecule has 1 atom stereocenters. The van der Waals surface area contributed by atoms with Gasteiger partial charge in [0.25, 0.3) is 0 Å². The molecule has 0 aliphatic carbocycles. The lowest BCUT2D eigenvalue weighted by Crippen LogP contribution is -2.19. The van der Waals surface area contributed by atoms with Crippen LogP contribution in [-0.4, -0.2) is 12.3 Å². The Hall–Kier alpha value is -0.810. The molecular formula is C18H27OP. The Morgan fingerprint density at radius 1 is 1.05 bits per heavy atom. The van der Waals surface area contributed by atoms with Gasteiger partial charge in [0.05, 0.1) is 0 Å². The van der Waals surface area contributed by atoms with Crippen LogP contribution in [0.5, 0.6) is 0 Å². The van der Waals surface area contributed by atoms with E-state index in [1.165, 1.54) is 27.6 Å². The van der Waals surface area contributed by atoms with Crippen molar-refractivity contribution in [1.82, 2.24) is 0 Å². The number of benzene rings is 1. The van der Waals surface area contributed by atoms with Crippen molar-refractivity contribution in [3.8, 4) is 0 Å². The first-order chi connectivity index (χ1) is 9.24. The van der Waals surface area contributed by atoms with Crippen LogP contribution in [0, 0.1) is 6.92 Å².